The van der Waals surface area contributed by atoms with Gasteiger partial charge in [-0.05, 0) is 55.6 Å². The summed E-state index contributed by atoms with van der Waals surface area (Å²) in [7, 11) is 1.67. The number of ether oxygens (including phenoxy) is 3. The van der Waals surface area contributed by atoms with E-state index in [1.807, 2.05) is 54.9 Å². The number of hydrogen-bond acceptors (Lipinski definition) is 6. The lowest BCUT2D eigenvalue weighted by atomic mass is 9.93. The lowest BCUT2D eigenvalue weighted by molar-refractivity contribution is -0.0621. The van der Waals surface area contributed by atoms with Crippen molar-refractivity contribution in [3.05, 3.63) is 72.3 Å². The number of aryl methyl sites for hydroxylation is 2. The third-order valence-electron chi connectivity index (χ3n) is 6.44. The molecule has 0 aliphatic carbocycles. The fourth-order valence-corrected chi connectivity index (χ4v) is 4.66. The second-order valence-corrected chi connectivity index (χ2v) is 9.22. The first kappa shape index (κ1) is 25.1. The number of aliphatic hydroxyl groups is 1. The van der Waals surface area contributed by atoms with Crippen molar-refractivity contribution >= 4 is 0 Å². The number of piperidine rings is 1. The minimum Gasteiger partial charge on any atom is -0.493 e. The maximum Gasteiger partial charge on any atom is 0.161 e. The SMILES string of the molecule is CCc1nccn1CCCOc1ccc(CN2CCC[C@](O)(COc3ccccc3)C2)cc1OC. The number of likely N-dealkylation sites (tertiary alicyclic amines) is 1. The highest BCUT2D eigenvalue weighted by Crippen LogP contribution is 2.30. The Kier molecular flexibility index (Phi) is 8.66. The van der Waals surface area contributed by atoms with Crippen LogP contribution in [0.25, 0.3) is 0 Å². The van der Waals surface area contributed by atoms with Gasteiger partial charge in [0.25, 0.3) is 0 Å². The topological polar surface area (TPSA) is 69.0 Å². The number of methoxy groups -OCH3 is 1. The van der Waals surface area contributed by atoms with Crippen LogP contribution in [-0.4, -0.2) is 58.6 Å². The molecule has 2 aromatic carbocycles. The van der Waals surface area contributed by atoms with Gasteiger partial charge in [0, 0.05) is 38.4 Å². The molecule has 3 aromatic rings. The minimum absolute atomic E-state index is 0.294. The van der Waals surface area contributed by atoms with Gasteiger partial charge < -0.3 is 23.9 Å². The van der Waals surface area contributed by atoms with Crippen molar-refractivity contribution in [2.75, 3.05) is 33.4 Å². The number of para-hydroxylation sites is 1. The second-order valence-electron chi connectivity index (χ2n) is 9.22. The van der Waals surface area contributed by atoms with Gasteiger partial charge in [-0.3, -0.25) is 4.90 Å². The van der Waals surface area contributed by atoms with Gasteiger partial charge in [0.05, 0.1) is 13.7 Å². The van der Waals surface area contributed by atoms with Crippen LogP contribution in [0.3, 0.4) is 0 Å². The highest BCUT2D eigenvalue weighted by Gasteiger charge is 2.34. The number of aromatic nitrogens is 2. The molecule has 1 aliphatic rings. The van der Waals surface area contributed by atoms with Crippen molar-refractivity contribution in [2.45, 2.75) is 51.3 Å². The fraction of sp³-hybridized carbons (Fsp3) is 0.464. The first-order chi connectivity index (χ1) is 17.1. The highest BCUT2D eigenvalue weighted by atomic mass is 16.5. The molecule has 0 bridgehead atoms. The number of hydrogen-bond donors (Lipinski definition) is 1. The van der Waals surface area contributed by atoms with E-state index in [1.165, 1.54) is 0 Å². The molecule has 0 unspecified atom stereocenters. The fourth-order valence-electron chi connectivity index (χ4n) is 4.66. The van der Waals surface area contributed by atoms with Crippen molar-refractivity contribution in [3.8, 4) is 17.2 Å². The van der Waals surface area contributed by atoms with Crippen LogP contribution in [0.1, 0.15) is 37.6 Å². The molecule has 1 N–H and O–H groups in total. The smallest absolute Gasteiger partial charge is 0.161 e. The highest BCUT2D eigenvalue weighted by molar-refractivity contribution is 5.43. The van der Waals surface area contributed by atoms with Gasteiger partial charge in [-0.1, -0.05) is 31.2 Å². The van der Waals surface area contributed by atoms with Crippen LogP contribution in [0, 0.1) is 0 Å². The Morgan fingerprint density at radius 2 is 1.94 bits per heavy atom. The van der Waals surface area contributed by atoms with Gasteiger partial charge in [0.2, 0.25) is 0 Å². The monoisotopic (exact) mass is 479 g/mol. The summed E-state index contributed by atoms with van der Waals surface area (Å²) in [6.07, 6.45) is 7.36. The van der Waals surface area contributed by atoms with Crippen LogP contribution in [0.2, 0.25) is 0 Å². The van der Waals surface area contributed by atoms with E-state index in [2.05, 4.69) is 27.4 Å². The molecule has 1 fully saturated rings. The molecule has 1 aromatic heterocycles. The van der Waals surface area contributed by atoms with Crippen molar-refractivity contribution in [3.63, 3.8) is 0 Å². The Balaban J connectivity index is 1.28. The molecule has 0 saturated carbocycles. The first-order valence-electron chi connectivity index (χ1n) is 12.5. The Morgan fingerprint density at radius 1 is 1.09 bits per heavy atom. The van der Waals surface area contributed by atoms with Crippen molar-refractivity contribution < 1.29 is 19.3 Å². The van der Waals surface area contributed by atoms with E-state index in [1.54, 1.807) is 7.11 Å². The van der Waals surface area contributed by atoms with E-state index in [0.717, 1.165) is 74.0 Å². The van der Waals surface area contributed by atoms with Crippen LogP contribution in [0.5, 0.6) is 17.2 Å². The van der Waals surface area contributed by atoms with Crippen LogP contribution in [-0.2, 0) is 19.5 Å². The maximum absolute atomic E-state index is 11.1. The summed E-state index contributed by atoms with van der Waals surface area (Å²) >= 11 is 0. The molecular weight excluding hydrogens is 442 g/mol. The standard InChI is InChI=1S/C28H37N3O4/c1-3-27-29-14-17-31(27)16-8-18-34-25-12-11-23(19-26(25)33-2)20-30-15-7-13-28(32,21-30)22-35-24-9-5-4-6-10-24/h4-6,9-12,14,17,19,32H,3,7-8,13,15-16,18,20-22H2,1-2H3/t28-/m1/s1. The molecule has 7 nitrogen and oxygen atoms in total. The van der Waals surface area contributed by atoms with E-state index in [4.69, 9.17) is 14.2 Å². The molecule has 4 rings (SSSR count). The lowest BCUT2D eigenvalue weighted by Gasteiger charge is -2.39. The summed E-state index contributed by atoms with van der Waals surface area (Å²) < 4.78 is 19.7. The van der Waals surface area contributed by atoms with E-state index >= 15 is 0 Å². The first-order valence-corrected chi connectivity index (χ1v) is 12.5. The van der Waals surface area contributed by atoms with Crippen molar-refractivity contribution in [2.24, 2.45) is 0 Å². The van der Waals surface area contributed by atoms with E-state index in [0.29, 0.717) is 19.8 Å². The molecule has 0 radical (unpaired) electrons. The van der Waals surface area contributed by atoms with E-state index in [-0.39, 0.29) is 0 Å². The van der Waals surface area contributed by atoms with Gasteiger partial charge >= 0.3 is 0 Å². The van der Waals surface area contributed by atoms with Gasteiger partial charge in [-0.2, -0.15) is 0 Å². The largest absolute Gasteiger partial charge is 0.493 e. The van der Waals surface area contributed by atoms with Crippen molar-refractivity contribution in [1.82, 2.24) is 14.5 Å². The summed E-state index contributed by atoms with van der Waals surface area (Å²) in [4.78, 5) is 6.65. The summed E-state index contributed by atoms with van der Waals surface area (Å²) in [6, 6.07) is 15.8. The quantitative estimate of drug-likeness (QED) is 0.390. The van der Waals surface area contributed by atoms with Crippen LogP contribution in [0.15, 0.2) is 60.9 Å². The molecule has 1 atom stereocenters. The van der Waals surface area contributed by atoms with Gasteiger partial charge in [-0.15, -0.1) is 0 Å². The number of benzene rings is 2. The lowest BCUT2D eigenvalue weighted by Crippen LogP contribution is -2.51. The van der Waals surface area contributed by atoms with Crippen LogP contribution < -0.4 is 14.2 Å². The molecule has 7 heteroatoms. The number of nitrogens with zero attached hydrogens (tertiary/aromatic N) is 3. The van der Waals surface area contributed by atoms with Gasteiger partial charge in [0.1, 0.15) is 23.8 Å². The van der Waals surface area contributed by atoms with Crippen LogP contribution in [0.4, 0.5) is 0 Å². The Morgan fingerprint density at radius 3 is 2.74 bits per heavy atom. The molecule has 0 amide bonds. The Hall–Kier alpha value is -3.03. The minimum atomic E-state index is -0.853. The molecule has 0 spiro atoms. The van der Waals surface area contributed by atoms with E-state index in [9.17, 15) is 5.11 Å². The average molecular weight is 480 g/mol. The predicted octanol–water partition coefficient (Wildman–Crippen LogP) is 4.33. The normalized spacial score (nSPS) is 18.4. The molecule has 1 aliphatic heterocycles. The average Bonchev–Trinajstić information content (AvgIpc) is 3.34. The summed E-state index contributed by atoms with van der Waals surface area (Å²) in [6.45, 7) is 6.17. The molecular formula is C28H37N3O4. The zero-order chi connectivity index (χ0) is 24.5. The summed E-state index contributed by atoms with van der Waals surface area (Å²) in [5, 5.41) is 11.1. The summed E-state index contributed by atoms with van der Waals surface area (Å²) in [5.41, 5.74) is 0.280. The third kappa shape index (κ3) is 6.99. The van der Waals surface area contributed by atoms with Gasteiger partial charge in [-0.25, -0.2) is 4.98 Å². The van der Waals surface area contributed by atoms with Gasteiger partial charge in [0.15, 0.2) is 11.5 Å². The number of β-amino-alcohol motifs (C(OH)–C–C–N with tert-alkyl or cyclic N) is 1. The third-order valence-corrected chi connectivity index (χ3v) is 6.44. The maximum atomic E-state index is 11.1. The zero-order valence-corrected chi connectivity index (χ0v) is 20.9. The van der Waals surface area contributed by atoms with Crippen molar-refractivity contribution in [1.29, 1.82) is 0 Å². The van der Waals surface area contributed by atoms with Crippen LogP contribution >= 0.6 is 0 Å². The Bertz CT molecular complexity index is 1060. The molecule has 2 heterocycles. The molecule has 35 heavy (non-hydrogen) atoms. The zero-order valence-electron chi connectivity index (χ0n) is 20.9. The number of rotatable bonds is 12. The number of imidazole rings is 1. The Labute approximate surface area is 208 Å². The van der Waals surface area contributed by atoms with E-state index < -0.39 is 5.60 Å². The molecule has 188 valence electrons. The molecule has 1 saturated heterocycles. The second kappa shape index (κ2) is 12.1. The summed E-state index contributed by atoms with van der Waals surface area (Å²) in [5.74, 6) is 3.38. The predicted molar refractivity (Wildman–Crippen MR) is 136 cm³/mol.